The van der Waals surface area contributed by atoms with Gasteiger partial charge in [-0.05, 0) is 47.9 Å². The molecule has 0 amide bonds. The zero-order valence-electron chi connectivity index (χ0n) is 14.7. The highest BCUT2D eigenvalue weighted by Crippen LogP contribution is 2.29. The highest BCUT2D eigenvalue weighted by molar-refractivity contribution is 5.82. The van der Waals surface area contributed by atoms with Gasteiger partial charge in [0.1, 0.15) is 0 Å². The summed E-state index contributed by atoms with van der Waals surface area (Å²) in [4.78, 5) is 0. The summed E-state index contributed by atoms with van der Waals surface area (Å²) in [7, 11) is 0. The summed E-state index contributed by atoms with van der Waals surface area (Å²) in [6.45, 7) is 4.79. The van der Waals surface area contributed by atoms with Gasteiger partial charge in [-0.2, -0.15) is 0 Å². The average Bonchev–Trinajstić information content (AvgIpc) is 2.67. The van der Waals surface area contributed by atoms with Crippen LogP contribution in [0, 0.1) is 6.92 Å². The lowest BCUT2D eigenvalue weighted by Crippen LogP contribution is -2.40. The molecule has 1 aliphatic rings. The molecule has 3 aromatic rings. The third-order valence-corrected chi connectivity index (χ3v) is 5.21. The minimum absolute atomic E-state index is 0.225. The number of fused-ring (bicyclic) bond motifs is 1. The fourth-order valence-electron chi connectivity index (χ4n) is 3.73. The average molecular weight is 331 g/mol. The van der Waals surface area contributed by atoms with Gasteiger partial charge >= 0.3 is 0 Å². The number of hydrogen-bond donors (Lipinski definition) is 1. The van der Waals surface area contributed by atoms with Crippen LogP contribution in [0.2, 0.25) is 0 Å². The molecule has 1 saturated heterocycles. The molecule has 0 aliphatic carbocycles. The van der Waals surface area contributed by atoms with Crippen molar-refractivity contribution < 1.29 is 4.74 Å². The molecule has 2 heteroatoms. The molecule has 2 atom stereocenters. The molecule has 0 saturated carbocycles. The molecule has 1 fully saturated rings. The van der Waals surface area contributed by atoms with Crippen molar-refractivity contribution in [3.8, 4) is 0 Å². The van der Waals surface area contributed by atoms with E-state index in [0.29, 0.717) is 12.5 Å². The lowest BCUT2D eigenvalue weighted by molar-refractivity contribution is 0.0106. The van der Waals surface area contributed by atoms with E-state index < -0.39 is 0 Å². The fraction of sp³-hybridized carbons (Fsp3) is 0.304. The molecule has 1 aliphatic heterocycles. The number of benzene rings is 3. The Morgan fingerprint density at radius 3 is 2.60 bits per heavy atom. The van der Waals surface area contributed by atoms with Gasteiger partial charge < -0.3 is 10.1 Å². The van der Waals surface area contributed by atoms with Crippen LogP contribution in [0.5, 0.6) is 0 Å². The highest BCUT2D eigenvalue weighted by Gasteiger charge is 2.27. The van der Waals surface area contributed by atoms with Crippen LogP contribution >= 0.6 is 0 Å². The quantitative estimate of drug-likeness (QED) is 0.741. The molecule has 1 heterocycles. The highest BCUT2D eigenvalue weighted by atomic mass is 16.5. The van der Waals surface area contributed by atoms with Crippen LogP contribution in [0.25, 0.3) is 10.8 Å². The van der Waals surface area contributed by atoms with E-state index in [-0.39, 0.29) is 6.10 Å². The Hall–Kier alpha value is -2.16. The molecule has 128 valence electrons. The normalized spacial score (nSPS) is 20.7. The SMILES string of the molecule is Cc1ccc(C2CCNCC2OCc2ccc3ccccc3c2)cc1. The molecule has 0 spiro atoms. The van der Waals surface area contributed by atoms with Crippen molar-refractivity contribution in [3.05, 3.63) is 83.4 Å². The molecule has 0 radical (unpaired) electrons. The topological polar surface area (TPSA) is 21.3 Å². The van der Waals surface area contributed by atoms with Gasteiger partial charge in [-0.3, -0.25) is 0 Å². The summed E-state index contributed by atoms with van der Waals surface area (Å²) in [5, 5.41) is 6.05. The van der Waals surface area contributed by atoms with E-state index in [1.807, 2.05) is 0 Å². The van der Waals surface area contributed by atoms with Gasteiger partial charge in [0.25, 0.3) is 0 Å². The summed E-state index contributed by atoms with van der Waals surface area (Å²) < 4.78 is 6.35. The Labute approximate surface area is 149 Å². The van der Waals surface area contributed by atoms with Crippen molar-refractivity contribution >= 4 is 10.8 Å². The second-order valence-electron chi connectivity index (χ2n) is 7.04. The third kappa shape index (κ3) is 3.76. The van der Waals surface area contributed by atoms with Gasteiger partial charge in [-0.1, -0.05) is 66.2 Å². The lowest BCUT2D eigenvalue weighted by atomic mass is 9.87. The van der Waals surface area contributed by atoms with Crippen LogP contribution in [0.15, 0.2) is 66.7 Å². The van der Waals surface area contributed by atoms with E-state index in [2.05, 4.69) is 79.0 Å². The van der Waals surface area contributed by atoms with Crippen LogP contribution in [-0.4, -0.2) is 19.2 Å². The third-order valence-electron chi connectivity index (χ3n) is 5.21. The van der Waals surface area contributed by atoms with Gasteiger partial charge in [0.05, 0.1) is 12.7 Å². The second-order valence-corrected chi connectivity index (χ2v) is 7.04. The van der Waals surface area contributed by atoms with Gasteiger partial charge in [0.15, 0.2) is 0 Å². The van der Waals surface area contributed by atoms with Crippen LogP contribution in [-0.2, 0) is 11.3 Å². The van der Waals surface area contributed by atoms with E-state index >= 15 is 0 Å². The summed E-state index contributed by atoms with van der Waals surface area (Å²) in [5.74, 6) is 0.474. The minimum atomic E-state index is 0.225. The van der Waals surface area contributed by atoms with Gasteiger partial charge in [0, 0.05) is 12.5 Å². The van der Waals surface area contributed by atoms with Crippen molar-refractivity contribution in [1.29, 1.82) is 0 Å². The first-order chi connectivity index (χ1) is 12.3. The molecular formula is C23H25NO. The number of rotatable bonds is 4. The fourth-order valence-corrected chi connectivity index (χ4v) is 3.73. The maximum absolute atomic E-state index is 6.35. The van der Waals surface area contributed by atoms with Crippen molar-refractivity contribution in [3.63, 3.8) is 0 Å². The number of hydrogen-bond acceptors (Lipinski definition) is 2. The number of piperidine rings is 1. The predicted octanol–water partition coefficient (Wildman–Crippen LogP) is 4.81. The molecule has 25 heavy (non-hydrogen) atoms. The summed E-state index contributed by atoms with van der Waals surface area (Å²) >= 11 is 0. The number of aryl methyl sites for hydroxylation is 1. The summed E-state index contributed by atoms with van der Waals surface area (Å²) in [6, 6.07) is 24.0. The van der Waals surface area contributed by atoms with Crippen molar-refractivity contribution in [1.82, 2.24) is 5.32 Å². The van der Waals surface area contributed by atoms with E-state index in [0.717, 1.165) is 19.5 Å². The molecular weight excluding hydrogens is 306 g/mol. The first kappa shape index (κ1) is 16.3. The summed E-state index contributed by atoms with van der Waals surface area (Å²) in [6.07, 6.45) is 1.36. The molecule has 1 N–H and O–H groups in total. The Bertz CT molecular complexity index is 840. The van der Waals surface area contributed by atoms with Crippen LogP contribution < -0.4 is 5.32 Å². The Morgan fingerprint density at radius 1 is 0.960 bits per heavy atom. The van der Waals surface area contributed by atoms with Crippen LogP contribution in [0.1, 0.15) is 29.0 Å². The largest absolute Gasteiger partial charge is 0.372 e. The predicted molar refractivity (Wildman–Crippen MR) is 104 cm³/mol. The van der Waals surface area contributed by atoms with Gasteiger partial charge in [-0.15, -0.1) is 0 Å². The molecule has 4 rings (SSSR count). The van der Waals surface area contributed by atoms with Crippen molar-refractivity contribution in [2.24, 2.45) is 0 Å². The van der Waals surface area contributed by atoms with Crippen molar-refractivity contribution in [2.75, 3.05) is 13.1 Å². The van der Waals surface area contributed by atoms with Crippen molar-refractivity contribution in [2.45, 2.75) is 32.0 Å². The van der Waals surface area contributed by atoms with Crippen LogP contribution in [0.3, 0.4) is 0 Å². The van der Waals surface area contributed by atoms with Gasteiger partial charge in [0.2, 0.25) is 0 Å². The van der Waals surface area contributed by atoms with Crippen LogP contribution in [0.4, 0.5) is 0 Å². The summed E-state index contributed by atoms with van der Waals surface area (Å²) in [5.41, 5.74) is 3.95. The lowest BCUT2D eigenvalue weighted by Gasteiger charge is -2.32. The van der Waals surface area contributed by atoms with E-state index in [4.69, 9.17) is 4.74 Å². The maximum atomic E-state index is 6.35. The van der Waals surface area contributed by atoms with E-state index in [1.165, 1.54) is 27.5 Å². The monoisotopic (exact) mass is 331 g/mol. The first-order valence-electron chi connectivity index (χ1n) is 9.16. The molecule has 0 aromatic heterocycles. The number of nitrogens with one attached hydrogen (secondary N) is 1. The van der Waals surface area contributed by atoms with E-state index in [1.54, 1.807) is 0 Å². The zero-order chi connectivity index (χ0) is 17.1. The Morgan fingerprint density at radius 2 is 1.76 bits per heavy atom. The first-order valence-corrected chi connectivity index (χ1v) is 9.16. The molecule has 2 unspecified atom stereocenters. The second kappa shape index (κ2) is 7.38. The molecule has 2 nitrogen and oxygen atoms in total. The molecule has 0 bridgehead atoms. The Balaban J connectivity index is 1.48. The number of ether oxygens (including phenoxy) is 1. The smallest absolute Gasteiger partial charge is 0.0772 e. The molecule has 3 aromatic carbocycles. The van der Waals surface area contributed by atoms with E-state index in [9.17, 15) is 0 Å². The minimum Gasteiger partial charge on any atom is -0.372 e. The maximum Gasteiger partial charge on any atom is 0.0772 e. The Kier molecular flexibility index (Phi) is 4.82. The van der Waals surface area contributed by atoms with Gasteiger partial charge in [-0.25, -0.2) is 0 Å². The standard InChI is InChI=1S/C23H25NO/c1-17-6-9-20(10-7-17)22-12-13-24-15-23(22)25-16-18-8-11-19-4-2-3-5-21(19)14-18/h2-11,14,22-24H,12-13,15-16H2,1H3. The zero-order valence-corrected chi connectivity index (χ0v) is 14.7.